The molecule has 0 aliphatic rings. The van der Waals surface area contributed by atoms with E-state index in [2.05, 4.69) is 18.0 Å². The zero-order chi connectivity index (χ0) is 15.9. The molecule has 0 spiro atoms. The van der Waals surface area contributed by atoms with E-state index in [4.69, 9.17) is 4.74 Å². The van der Waals surface area contributed by atoms with Gasteiger partial charge in [0.2, 0.25) is 0 Å². The number of hydrogen-bond donors (Lipinski definition) is 2. The summed E-state index contributed by atoms with van der Waals surface area (Å²) in [5, 5.41) is 11.9. The second-order valence-corrected chi connectivity index (χ2v) is 4.62. The predicted octanol–water partition coefficient (Wildman–Crippen LogP) is 3.70. The monoisotopic (exact) mass is 535 g/mol. The molecule has 2 aromatic rings. The molecule has 2 aromatic carbocycles. The maximum atomic E-state index is 11.7. The molecule has 118 valence electrons. The van der Waals surface area contributed by atoms with E-state index < -0.39 is 6.09 Å². The molecule has 0 fully saturated rings. The quantitative estimate of drug-likeness (QED) is 0.453. The molecule has 0 aromatic heterocycles. The third-order valence-electron chi connectivity index (χ3n) is 3.00. The number of nitrogens with zero attached hydrogens (tertiary/aromatic N) is 1. The molecular formula is C17H17N2O3U-. The molecule has 0 heterocycles. The SMILES string of the molecule is C=C(O)N(C)c1[c-]cc(NC(=O)OCc2ccccc2)cc1.[U]. The number of carbonyl (C=O) groups excluding carboxylic acids is 1. The summed E-state index contributed by atoms with van der Waals surface area (Å²) in [5.41, 5.74) is 2.11. The fourth-order valence-corrected chi connectivity index (χ4v) is 1.72. The van der Waals surface area contributed by atoms with Gasteiger partial charge in [0.15, 0.2) is 5.88 Å². The van der Waals surface area contributed by atoms with Crippen molar-refractivity contribution >= 4 is 17.5 Å². The molecule has 6 heteroatoms. The second kappa shape index (κ2) is 9.29. The van der Waals surface area contributed by atoms with Gasteiger partial charge in [-0.15, -0.1) is 12.1 Å². The van der Waals surface area contributed by atoms with Gasteiger partial charge in [-0.25, -0.2) is 4.79 Å². The van der Waals surface area contributed by atoms with Crippen molar-refractivity contribution in [2.24, 2.45) is 0 Å². The van der Waals surface area contributed by atoms with Crippen LogP contribution in [-0.4, -0.2) is 18.2 Å². The van der Waals surface area contributed by atoms with Crippen LogP contribution in [0.3, 0.4) is 0 Å². The van der Waals surface area contributed by atoms with E-state index in [1.807, 2.05) is 30.3 Å². The van der Waals surface area contributed by atoms with Gasteiger partial charge < -0.3 is 20.1 Å². The van der Waals surface area contributed by atoms with Gasteiger partial charge in [-0.2, -0.15) is 12.1 Å². The Labute approximate surface area is 159 Å². The number of amides is 1. The van der Waals surface area contributed by atoms with Crippen molar-refractivity contribution < 1.29 is 45.8 Å². The van der Waals surface area contributed by atoms with Crippen LogP contribution in [0.15, 0.2) is 61.0 Å². The average molecular weight is 535 g/mol. The first-order valence-electron chi connectivity index (χ1n) is 6.67. The van der Waals surface area contributed by atoms with Gasteiger partial charge in [0, 0.05) is 38.2 Å². The summed E-state index contributed by atoms with van der Waals surface area (Å²) in [6.45, 7) is 3.64. The van der Waals surface area contributed by atoms with Crippen LogP contribution in [-0.2, 0) is 11.3 Å². The minimum Gasteiger partial charge on any atom is -0.495 e. The maximum absolute atomic E-state index is 11.7. The molecule has 0 aliphatic carbocycles. The summed E-state index contributed by atoms with van der Waals surface area (Å²) >= 11 is 0. The fraction of sp³-hybridized carbons (Fsp3) is 0.118. The number of carbonyl (C=O) groups is 1. The van der Waals surface area contributed by atoms with Gasteiger partial charge >= 0.3 is 6.09 Å². The molecule has 0 atom stereocenters. The Bertz CT molecular complexity index is 645. The summed E-state index contributed by atoms with van der Waals surface area (Å²) in [5.74, 6) is -0.0840. The number of nitrogens with one attached hydrogen (secondary N) is 1. The van der Waals surface area contributed by atoms with Crippen LogP contribution < -0.4 is 10.2 Å². The van der Waals surface area contributed by atoms with Crippen molar-refractivity contribution in [3.8, 4) is 0 Å². The Hall–Kier alpha value is -1.90. The normalized spacial score (nSPS) is 9.43. The fourth-order valence-electron chi connectivity index (χ4n) is 1.72. The van der Waals surface area contributed by atoms with Gasteiger partial charge in [-0.3, -0.25) is 0 Å². The van der Waals surface area contributed by atoms with Crippen molar-refractivity contribution in [1.29, 1.82) is 0 Å². The first kappa shape index (κ1) is 19.1. The van der Waals surface area contributed by atoms with E-state index in [-0.39, 0.29) is 43.6 Å². The second-order valence-electron chi connectivity index (χ2n) is 4.62. The Kier molecular flexibility index (Phi) is 7.73. The molecule has 0 unspecified atom stereocenters. The summed E-state index contributed by atoms with van der Waals surface area (Å²) in [4.78, 5) is 13.2. The Morgan fingerprint density at radius 2 is 2.00 bits per heavy atom. The van der Waals surface area contributed by atoms with E-state index in [9.17, 15) is 9.90 Å². The molecular weight excluding hydrogens is 518 g/mol. The van der Waals surface area contributed by atoms with E-state index in [1.54, 1.807) is 25.2 Å². The zero-order valence-electron chi connectivity index (χ0n) is 12.7. The first-order valence-corrected chi connectivity index (χ1v) is 6.67. The maximum Gasteiger partial charge on any atom is 0.400 e. The van der Waals surface area contributed by atoms with Gasteiger partial charge in [0.25, 0.3) is 0 Å². The van der Waals surface area contributed by atoms with Crippen molar-refractivity contribution in [3.63, 3.8) is 0 Å². The van der Waals surface area contributed by atoms with E-state index >= 15 is 0 Å². The molecule has 0 bridgehead atoms. The van der Waals surface area contributed by atoms with Gasteiger partial charge in [-0.1, -0.05) is 41.7 Å². The zero-order valence-corrected chi connectivity index (χ0v) is 16.9. The molecule has 23 heavy (non-hydrogen) atoms. The third-order valence-corrected chi connectivity index (χ3v) is 3.00. The first-order chi connectivity index (χ1) is 10.6. The van der Waals surface area contributed by atoms with Crippen molar-refractivity contribution in [1.82, 2.24) is 0 Å². The average Bonchev–Trinajstić information content (AvgIpc) is 2.54. The number of ether oxygens (including phenoxy) is 1. The van der Waals surface area contributed by atoms with Crippen LogP contribution in [0, 0.1) is 37.2 Å². The molecule has 2 N–H and O–H groups in total. The topological polar surface area (TPSA) is 61.8 Å². The standard InChI is InChI=1S/C17H17N2O3.U/c1-13(20)19(2)16-10-8-15(9-11-16)18-17(21)22-12-14-6-4-3-5-7-14;/h3-10,20H,1,12H2,2H3,(H,18,21);/q-1;. The van der Waals surface area contributed by atoms with Crippen LogP contribution in [0.25, 0.3) is 0 Å². The van der Waals surface area contributed by atoms with E-state index in [1.165, 1.54) is 4.90 Å². The summed E-state index contributed by atoms with van der Waals surface area (Å²) in [6.07, 6.45) is -0.537. The van der Waals surface area contributed by atoms with E-state index in [0.717, 1.165) is 5.56 Å². The van der Waals surface area contributed by atoms with Gasteiger partial charge in [0.05, 0.1) is 0 Å². The van der Waals surface area contributed by atoms with Crippen molar-refractivity contribution in [2.45, 2.75) is 6.61 Å². The van der Waals surface area contributed by atoms with Crippen LogP contribution in [0.5, 0.6) is 0 Å². The van der Waals surface area contributed by atoms with Crippen LogP contribution in [0.4, 0.5) is 16.2 Å². The van der Waals surface area contributed by atoms with Crippen LogP contribution >= 0.6 is 0 Å². The third kappa shape index (κ3) is 6.01. The number of aliphatic hydroxyl groups is 1. The number of hydrogen-bond acceptors (Lipinski definition) is 4. The number of benzene rings is 2. The molecule has 0 saturated heterocycles. The van der Waals surface area contributed by atoms with Gasteiger partial charge in [0.1, 0.15) is 6.61 Å². The van der Waals surface area contributed by atoms with Crippen LogP contribution in [0.2, 0.25) is 0 Å². The van der Waals surface area contributed by atoms with E-state index in [0.29, 0.717) is 11.4 Å². The molecule has 0 saturated carbocycles. The largest absolute Gasteiger partial charge is 0.495 e. The number of rotatable bonds is 5. The smallest absolute Gasteiger partial charge is 0.400 e. The molecule has 0 radical (unpaired) electrons. The van der Waals surface area contributed by atoms with Crippen molar-refractivity contribution in [3.05, 3.63) is 72.6 Å². The Morgan fingerprint density at radius 1 is 1.30 bits per heavy atom. The molecule has 2 rings (SSSR count). The summed E-state index contributed by atoms with van der Waals surface area (Å²) in [7, 11) is 1.66. The number of aliphatic hydroxyl groups excluding tert-OH is 1. The van der Waals surface area contributed by atoms with Gasteiger partial charge in [-0.05, 0) is 12.1 Å². The Balaban J connectivity index is 0.00000264. The molecule has 1 amide bonds. The Morgan fingerprint density at radius 3 is 2.57 bits per heavy atom. The minimum atomic E-state index is -0.537. The molecule has 0 aliphatic heterocycles. The predicted molar refractivity (Wildman–Crippen MR) is 85.7 cm³/mol. The minimum absolute atomic E-state index is 0. The summed E-state index contributed by atoms with van der Waals surface area (Å²) in [6, 6.07) is 17.4. The van der Waals surface area contributed by atoms with Crippen molar-refractivity contribution in [2.75, 3.05) is 17.3 Å². The summed E-state index contributed by atoms with van der Waals surface area (Å²) < 4.78 is 5.12. The van der Waals surface area contributed by atoms with Crippen LogP contribution in [0.1, 0.15) is 5.56 Å². The number of anilines is 2. The molecule has 5 nitrogen and oxygen atoms in total.